The molecule has 0 atom stereocenters. The fraction of sp³-hybridized carbons (Fsp3) is 0.667. The second-order valence-electron chi connectivity index (χ2n) is 7.23. The van der Waals surface area contributed by atoms with Crippen molar-refractivity contribution in [2.75, 3.05) is 39.9 Å². The number of piperidine rings is 2. The fourth-order valence-electron chi connectivity index (χ4n) is 3.71. The van der Waals surface area contributed by atoms with E-state index >= 15 is 0 Å². The van der Waals surface area contributed by atoms with Gasteiger partial charge in [-0.25, -0.2) is 4.79 Å². The summed E-state index contributed by atoms with van der Waals surface area (Å²) in [5.74, 6) is -2.54. The number of nitrogens with one attached hydrogen (secondary N) is 1. The Morgan fingerprint density at radius 3 is 2.40 bits per heavy atom. The van der Waals surface area contributed by atoms with Crippen molar-refractivity contribution in [1.29, 1.82) is 0 Å². The van der Waals surface area contributed by atoms with Crippen LogP contribution in [0.15, 0.2) is 12.3 Å². The molecule has 2 amide bonds. The van der Waals surface area contributed by atoms with E-state index in [-0.39, 0.29) is 17.2 Å². The van der Waals surface area contributed by atoms with Crippen molar-refractivity contribution >= 4 is 17.8 Å². The van der Waals surface area contributed by atoms with E-state index in [0.29, 0.717) is 31.9 Å². The molecule has 2 saturated heterocycles. The number of aromatic amines is 1. The number of H-pyrrole nitrogens is 1. The van der Waals surface area contributed by atoms with Crippen LogP contribution in [0.5, 0.6) is 0 Å². The highest BCUT2D eigenvalue weighted by molar-refractivity contribution is 5.92. The van der Waals surface area contributed by atoms with E-state index < -0.39 is 12.1 Å². The van der Waals surface area contributed by atoms with Gasteiger partial charge in [0.15, 0.2) is 0 Å². The minimum atomic E-state index is -5.08. The molecule has 0 saturated carbocycles. The molecule has 0 radical (unpaired) electrons. The van der Waals surface area contributed by atoms with Gasteiger partial charge >= 0.3 is 12.1 Å². The van der Waals surface area contributed by atoms with Gasteiger partial charge in [-0.05, 0) is 31.7 Å². The number of rotatable bonds is 4. The number of alkyl halides is 3. The van der Waals surface area contributed by atoms with Crippen LogP contribution in [0.25, 0.3) is 0 Å². The number of methoxy groups -OCH3 is 1. The summed E-state index contributed by atoms with van der Waals surface area (Å²) in [4.78, 5) is 37.9. The minimum absolute atomic E-state index is 0.0307. The first-order chi connectivity index (χ1) is 14.1. The molecule has 0 bridgehead atoms. The van der Waals surface area contributed by atoms with Gasteiger partial charge in [0, 0.05) is 39.5 Å². The van der Waals surface area contributed by atoms with Crippen LogP contribution >= 0.6 is 0 Å². The molecule has 2 N–H and O–H groups in total. The Morgan fingerprint density at radius 2 is 1.90 bits per heavy atom. The van der Waals surface area contributed by atoms with Crippen molar-refractivity contribution in [3.05, 3.63) is 18.0 Å². The Hall–Kier alpha value is -2.63. The molecular formula is C18H25F3N4O5. The Balaban J connectivity index is 0.000000396. The lowest BCUT2D eigenvalue weighted by molar-refractivity contribution is -0.192. The monoisotopic (exact) mass is 434 g/mol. The zero-order valence-corrected chi connectivity index (χ0v) is 16.6. The van der Waals surface area contributed by atoms with Crippen LogP contribution in [0.2, 0.25) is 0 Å². The number of aliphatic carboxylic acids is 1. The molecule has 1 aromatic rings. The standard InChI is InChI=1S/C16H24N4O3.C2HF3O2/c1-23-12-11-20-8-2-4-16(15(20)22)5-9-19(10-6-16)14(21)13-3-7-17-18-13;3-2(4,5)1(6)7/h3,7H,2,4-6,8-12H2,1H3,(H,17,18);(H,6,7). The molecule has 3 heterocycles. The highest BCUT2D eigenvalue weighted by Gasteiger charge is 2.46. The average molecular weight is 434 g/mol. The summed E-state index contributed by atoms with van der Waals surface area (Å²) < 4.78 is 36.8. The van der Waals surface area contributed by atoms with Crippen LogP contribution in [0.4, 0.5) is 13.2 Å². The molecule has 1 spiro atoms. The summed E-state index contributed by atoms with van der Waals surface area (Å²) in [6.07, 6.45) is -0.0489. The van der Waals surface area contributed by atoms with E-state index in [1.54, 1.807) is 19.4 Å². The van der Waals surface area contributed by atoms with Gasteiger partial charge in [-0.2, -0.15) is 18.3 Å². The first-order valence-electron chi connectivity index (χ1n) is 9.48. The zero-order chi connectivity index (χ0) is 22.4. The van der Waals surface area contributed by atoms with Crippen LogP contribution in [-0.2, 0) is 14.3 Å². The molecule has 2 aliphatic rings. The second-order valence-corrected chi connectivity index (χ2v) is 7.23. The van der Waals surface area contributed by atoms with Crippen LogP contribution in [0.1, 0.15) is 36.2 Å². The molecule has 2 fully saturated rings. The Labute approximate surface area is 171 Å². The molecule has 0 aromatic carbocycles. The number of hydrogen-bond donors (Lipinski definition) is 2. The van der Waals surface area contributed by atoms with Crippen molar-refractivity contribution < 1.29 is 37.4 Å². The first kappa shape index (κ1) is 23.6. The smallest absolute Gasteiger partial charge is 0.475 e. The van der Waals surface area contributed by atoms with Gasteiger partial charge in [-0.15, -0.1) is 0 Å². The summed E-state index contributed by atoms with van der Waals surface area (Å²) in [5.41, 5.74) is 0.231. The normalized spacial score (nSPS) is 18.7. The van der Waals surface area contributed by atoms with Crippen LogP contribution in [0, 0.1) is 5.41 Å². The highest BCUT2D eigenvalue weighted by atomic mass is 19.4. The number of amides is 2. The number of halogens is 3. The van der Waals surface area contributed by atoms with Crippen LogP contribution < -0.4 is 0 Å². The van der Waals surface area contributed by atoms with E-state index in [9.17, 15) is 22.8 Å². The fourth-order valence-corrected chi connectivity index (χ4v) is 3.71. The van der Waals surface area contributed by atoms with Crippen LogP contribution in [0.3, 0.4) is 0 Å². The predicted molar refractivity (Wildman–Crippen MR) is 97.5 cm³/mol. The molecule has 9 nitrogen and oxygen atoms in total. The van der Waals surface area contributed by atoms with Crippen molar-refractivity contribution in [2.24, 2.45) is 5.41 Å². The van der Waals surface area contributed by atoms with Crippen molar-refractivity contribution in [3.63, 3.8) is 0 Å². The zero-order valence-electron chi connectivity index (χ0n) is 16.6. The maximum Gasteiger partial charge on any atom is 0.490 e. The number of carboxylic acid groups (broad SMARTS) is 1. The summed E-state index contributed by atoms with van der Waals surface area (Å²) >= 11 is 0. The number of hydrogen-bond acceptors (Lipinski definition) is 5. The summed E-state index contributed by atoms with van der Waals surface area (Å²) in [7, 11) is 1.66. The van der Waals surface area contributed by atoms with Crippen molar-refractivity contribution in [1.82, 2.24) is 20.0 Å². The van der Waals surface area contributed by atoms with Gasteiger partial charge in [0.2, 0.25) is 5.91 Å². The van der Waals surface area contributed by atoms with E-state index in [1.807, 2.05) is 9.80 Å². The van der Waals surface area contributed by atoms with E-state index in [4.69, 9.17) is 14.6 Å². The lowest BCUT2D eigenvalue weighted by Gasteiger charge is -2.46. The van der Waals surface area contributed by atoms with Gasteiger partial charge in [0.05, 0.1) is 12.0 Å². The predicted octanol–water partition coefficient (Wildman–Crippen LogP) is 1.53. The number of likely N-dealkylation sites (tertiary alicyclic amines) is 2. The Bertz CT molecular complexity index is 731. The molecular weight excluding hydrogens is 409 g/mol. The first-order valence-corrected chi connectivity index (χ1v) is 9.48. The third kappa shape index (κ3) is 5.71. The van der Waals surface area contributed by atoms with Gasteiger partial charge in [-0.3, -0.25) is 14.7 Å². The van der Waals surface area contributed by atoms with Crippen molar-refractivity contribution in [3.8, 4) is 0 Å². The Kier molecular flexibility index (Phi) is 7.82. The summed E-state index contributed by atoms with van der Waals surface area (Å²) in [6, 6.07) is 1.69. The number of aromatic nitrogens is 2. The number of carbonyl (C=O) groups excluding carboxylic acids is 2. The van der Waals surface area contributed by atoms with E-state index in [1.165, 1.54) is 0 Å². The van der Waals surface area contributed by atoms with Gasteiger partial charge < -0.3 is 19.6 Å². The number of ether oxygens (including phenoxy) is 1. The molecule has 2 aliphatic heterocycles. The molecule has 1 aromatic heterocycles. The third-order valence-corrected chi connectivity index (χ3v) is 5.37. The molecule has 0 unspecified atom stereocenters. The van der Waals surface area contributed by atoms with E-state index in [0.717, 1.165) is 32.2 Å². The maximum absolute atomic E-state index is 12.9. The van der Waals surface area contributed by atoms with E-state index in [2.05, 4.69) is 10.2 Å². The van der Waals surface area contributed by atoms with Gasteiger partial charge in [0.1, 0.15) is 5.69 Å². The topological polar surface area (TPSA) is 116 Å². The quantitative estimate of drug-likeness (QED) is 0.743. The SMILES string of the molecule is COCCN1CCCC2(CCN(C(=O)c3ccn[nH]3)CC2)C1=O.O=C(O)C(F)(F)F. The van der Waals surface area contributed by atoms with Crippen LogP contribution in [-0.4, -0.2) is 89.0 Å². The summed E-state index contributed by atoms with van der Waals surface area (Å²) in [5, 5.41) is 13.7. The molecule has 168 valence electrons. The number of carboxylic acids is 1. The maximum atomic E-state index is 12.9. The molecule has 12 heteroatoms. The summed E-state index contributed by atoms with van der Waals surface area (Å²) in [6.45, 7) is 3.31. The van der Waals surface area contributed by atoms with Gasteiger partial charge in [-0.1, -0.05) is 0 Å². The lowest BCUT2D eigenvalue weighted by atomic mass is 9.71. The molecule has 0 aliphatic carbocycles. The van der Waals surface area contributed by atoms with Crippen molar-refractivity contribution in [2.45, 2.75) is 31.9 Å². The Morgan fingerprint density at radius 1 is 1.27 bits per heavy atom. The lowest BCUT2D eigenvalue weighted by Crippen LogP contribution is -2.54. The second kappa shape index (κ2) is 9.92. The minimum Gasteiger partial charge on any atom is -0.475 e. The molecule has 30 heavy (non-hydrogen) atoms. The number of nitrogens with zero attached hydrogens (tertiary/aromatic N) is 3. The third-order valence-electron chi connectivity index (χ3n) is 5.37. The largest absolute Gasteiger partial charge is 0.490 e. The highest BCUT2D eigenvalue weighted by Crippen LogP contribution is 2.41. The van der Waals surface area contributed by atoms with Gasteiger partial charge in [0.25, 0.3) is 5.91 Å². The average Bonchev–Trinajstić information content (AvgIpc) is 3.24. The molecule has 3 rings (SSSR count). The number of carbonyl (C=O) groups is 3.